The molecule has 0 aliphatic carbocycles. The van der Waals surface area contributed by atoms with Crippen LogP contribution >= 0.6 is 24.0 Å². The van der Waals surface area contributed by atoms with Gasteiger partial charge in [0.2, 0.25) is 6.79 Å². The van der Waals surface area contributed by atoms with Gasteiger partial charge in [0, 0.05) is 13.1 Å². The van der Waals surface area contributed by atoms with E-state index in [1.165, 1.54) is 5.56 Å². The first-order valence-electron chi connectivity index (χ1n) is 7.07. The van der Waals surface area contributed by atoms with E-state index < -0.39 is 0 Å². The van der Waals surface area contributed by atoms with Crippen LogP contribution in [0.15, 0.2) is 23.2 Å². The summed E-state index contributed by atoms with van der Waals surface area (Å²) in [6, 6.07) is 6.00. The minimum Gasteiger partial charge on any atom is -0.454 e. The molecule has 0 amide bonds. The van der Waals surface area contributed by atoms with E-state index in [1.54, 1.807) is 0 Å². The highest BCUT2D eigenvalue weighted by atomic mass is 127. The summed E-state index contributed by atoms with van der Waals surface area (Å²) >= 11 is 0. The fourth-order valence-corrected chi connectivity index (χ4v) is 1.93. The summed E-state index contributed by atoms with van der Waals surface area (Å²) in [4.78, 5) is 4.29. The van der Waals surface area contributed by atoms with Gasteiger partial charge in [0.25, 0.3) is 0 Å². The summed E-state index contributed by atoms with van der Waals surface area (Å²) in [5, 5.41) is 3.13. The van der Waals surface area contributed by atoms with E-state index in [9.17, 15) is 0 Å². The van der Waals surface area contributed by atoms with E-state index in [2.05, 4.69) is 24.2 Å². The number of guanidine groups is 1. The Bertz CT molecular complexity index is 478. The van der Waals surface area contributed by atoms with Crippen LogP contribution in [0.4, 0.5) is 0 Å². The Morgan fingerprint density at radius 3 is 2.86 bits per heavy atom. The van der Waals surface area contributed by atoms with Crippen molar-refractivity contribution in [3.8, 4) is 11.5 Å². The Labute approximate surface area is 143 Å². The highest BCUT2D eigenvalue weighted by Crippen LogP contribution is 2.32. The Balaban J connectivity index is 0.00000220. The summed E-state index contributed by atoms with van der Waals surface area (Å²) in [7, 11) is 0. The van der Waals surface area contributed by atoms with Crippen LogP contribution in [0.2, 0.25) is 0 Å². The van der Waals surface area contributed by atoms with Gasteiger partial charge in [-0.25, -0.2) is 0 Å². The highest BCUT2D eigenvalue weighted by Gasteiger charge is 2.12. The predicted octanol–water partition coefficient (Wildman–Crippen LogP) is 2.53. The van der Waals surface area contributed by atoms with Crippen molar-refractivity contribution in [2.45, 2.75) is 26.7 Å². The summed E-state index contributed by atoms with van der Waals surface area (Å²) in [6.45, 7) is 6.21. The average Bonchev–Trinajstić information content (AvgIpc) is 2.85. The number of nitrogens with one attached hydrogen (secondary N) is 1. The van der Waals surface area contributed by atoms with Gasteiger partial charge in [-0.3, -0.25) is 4.99 Å². The highest BCUT2D eigenvalue weighted by molar-refractivity contribution is 14.0. The first kappa shape index (κ1) is 17.9. The van der Waals surface area contributed by atoms with Gasteiger partial charge in [-0.2, -0.15) is 0 Å². The van der Waals surface area contributed by atoms with Gasteiger partial charge in [-0.15, -0.1) is 24.0 Å². The molecule has 1 aromatic rings. The molecule has 2 rings (SSSR count). The number of halogens is 1. The molecule has 0 aromatic heterocycles. The maximum Gasteiger partial charge on any atom is 0.231 e. The Hall–Kier alpha value is -1.18. The van der Waals surface area contributed by atoms with Crippen molar-refractivity contribution in [2.75, 3.05) is 19.9 Å². The lowest BCUT2D eigenvalue weighted by Crippen LogP contribution is -2.33. The number of hydrogen-bond acceptors (Lipinski definition) is 3. The molecule has 1 aliphatic rings. The summed E-state index contributed by atoms with van der Waals surface area (Å²) in [6.07, 6.45) is 1.93. The molecule has 0 unspecified atom stereocenters. The van der Waals surface area contributed by atoms with E-state index in [0.717, 1.165) is 37.4 Å². The van der Waals surface area contributed by atoms with Gasteiger partial charge < -0.3 is 20.5 Å². The molecule has 0 radical (unpaired) electrons. The van der Waals surface area contributed by atoms with Crippen LogP contribution < -0.4 is 20.5 Å². The molecule has 0 saturated carbocycles. The third-order valence-corrected chi connectivity index (χ3v) is 3.15. The number of ether oxygens (including phenoxy) is 2. The van der Waals surface area contributed by atoms with E-state index >= 15 is 0 Å². The zero-order valence-corrected chi connectivity index (χ0v) is 14.9. The van der Waals surface area contributed by atoms with Crippen molar-refractivity contribution in [2.24, 2.45) is 16.6 Å². The third-order valence-electron chi connectivity index (χ3n) is 3.15. The van der Waals surface area contributed by atoms with Crippen LogP contribution in [0, 0.1) is 5.92 Å². The molecule has 118 valence electrons. The lowest BCUT2D eigenvalue weighted by Gasteiger charge is -2.07. The van der Waals surface area contributed by atoms with Crippen LogP contribution in [-0.2, 0) is 6.42 Å². The van der Waals surface area contributed by atoms with E-state index in [-0.39, 0.29) is 24.0 Å². The van der Waals surface area contributed by atoms with Gasteiger partial charge in [-0.1, -0.05) is 19.9 Å². The molecule has 0 bridgehead atoms. The second kappa shape index (κ2) is 8.96. The molecule has 1 aliphatic heterocycles. The SMILES string of the molecule is CC(C)CCN=C(N)NCCc1ccc2c(c1)OCO2.I. The number of rotatable bonds is 6. The predicted molar refractivity (Wildman–Crippen MR) is 95.6 cm³/mol. The first-order valence-corrected chi connectivity index (χ1v) is 7.07. The van der Waals surface area contributed by atoms with Crippen molar-refractivity contribution in [1.29, 1.82) is 0 Å². The van der Waals surface area contributed by atoms with Crippen LogP contribution in [0.25, 0.3) is 0 Å². The van der Waals surface area contributed by atoms with Crippen LogP contribution in [0.3, 0.4) is 0 Å². The zero-order valence-electron chi connectivity index (χ0n) is 12.6. The lowest BCUT2D eigenvalue weighted by atomic mass is 10.1. The molecular weight excluding hydrogens is 381 g/mol. The summed E-state index contributed by atoms with van der Waals surface area (Å²) in [5.41, 5.74) is 7.00. The molecule has 5 nitrogen and oxygen atoms in total. The molecule has 1 heterocycles. The van der Waals surface area contributed by atoms with Crippen molar-refractivity contribution >= 4 is 29.9 Å². The van der Waals surface area contributed by atoms with E-state index in [0.29, 0.717) is 18.7 Å². The number of hydrogen-bond donors (Lipinski definition) is 2. The van der Waals surface area contributed by atoms with Crippen molar-refractivity contribution in [3.05, 3.63) is 23.8 Å². The lowest BCUT2D eigenvalue weighted by molar-refractivity contribution is 0.174. The Kier molecular flexibility index (Phi) is 7.63. The number of aliphatic imine (C=N–C) groups is 1. The van der Waals surface area contributed by atoms with E-state index in [4.69, 9.17) is 15.2 Å². The summed E-state index contributed by atoms with van der Waals surface area (Å²) in [5.74, 6) is 2.81. The maximum atomic E-state index is 5.81. The van der Waals surface area contributed by atoms with Gasteiger partial charge in [-0.05, 0) is 36.5 Å². The largest absolute Gasteiger partial charge is 0.454 e. The molecule has 3 N–H and O–H groups in total. The van der Waals surface area contributed by atoms with Crippen molar-refractivity contribution < 1.29 is 9.47 Å². The molecular formula is C15H24IN3O2. The van der Waals surface area contributed by atoms with Crippen molar-refractivity contribution in [3.63, 3.8) is 0 Å². The van der Waals surface area contributed by atoms with E-state index in [1.807, 2.05) is 18.2 Å². The molecule has 0 atom stereocenters. The molecule has 6 heteroatoms. The fourth-order valence-electron chi connectivity index (χ4n) is 1.93. The Morgan fingerprint density at radius 2 is 2.10 bits per heavy atom. The Morgan fingerprint density at radius 1 is 1.33 bits per heavy atom. The number of fused-ring (bicyclic) bond motifs is 1. The van der Waals surface area contributed by atoms with Gasteiger partial charge in [0.15, 0.2) is 17.5 Å². The molecule has 0 saturated heterocycles. The number of nitrogens with zero attached hydrogens (tertiary/aromatic N) is 1. The van der Waals surface area contributed by atoms with Crippen LogP contribution in [0.5, 0.6) is 11.5 Å². The monoisotopic (exact) mass is 405 g/mol. The standard InChI is InChI=1S/C15H23N3O2.HI/c1-11(2)5-7-17-15(16)18-8-6-12-3-4-13-14(9-12)20-10-19-13;/h3-4,9,11H,5-8,10H2,1-2H3,(H3,16,17,18);1H. The normalized spacial score (nSPS) is 13.2. The minimum atomic E-state index is 0. The quantitative estimate of drug-likeness (QED) is 0.434. The third kappa shape index (κ3) is 5.99. The summed E-state index contributed by atoms with van der Waals surface area (Å²) < 4.78 is 10.6. The zero-order chi connectivity index (χ0) is 14.4. The molecule has 21 heavy (non-hydrogen) atoms. The van der Waals surface area contributed by atoms with Gasteiger partial charge in [0.05, 0.1) is 0 Å². The van der Waals surface area contributed by atoms with Gasteiger partial charge >= 0.3 is 0 Å². The minimum absolute atomic E-state index is 0. The molecule has 0 fully saturated rings. The average molecular weight is 405 g/mol. The fraction of sp³-hybridized carbons (Fsp3) is 0.533. The molecule has 1 aromatic carbocycles. The van der Waals surface area contributed by atoms with Crippen LogP contribution in [-0.4, -0.2) is 25.8 Å². The van der Waals surface area contributed by atoms with Crippen LogP contribution in [0.1, 0.15) is 25.8 Å². The first-order chi connectivity index (χ1) is 9.65. The second-order valence-corrected chi connectivity index (χ2v) is 5.31. The molecule has 0 spiro atoms. The number of nitrogens with two attached hydrogens (primary N) is 1. The topological polar surface area (TPSA) is 68.9 Å². The van der Waals surface area contributed by atoms with Gasteiger partial charge in [0.1, 0.15) is 0 Å². The van der Waals surface area contributed by atoms with Crippen molar-refractivity contribution in [1.82, 2.24) is 5.32 Å². The smallest absolute Gasteiger partial charge is 0.231 e. The second-order valence-electron chi connectivity index (χ2n) is 5.31. The maximum absolute atomic E-state index is 5.81. The number of benzene rings is 1.